The molecule has 0 saturated heterocycles. The molecule has 1 rings (SSSR count). The highest BCUT2D eigenvalue weighted by atomic mass is 19.1. The Balaban J connectivity index is 0.00000121. The second kappa shape index (κ2) is 7.12. The van der Waals surface area contributed by atoms with Gasteiger partial charge in [0.1, 0.15) is 12.1 Å². The summed E-state index contributed by atoms with van der Waals surface area (Å²) in [5.74, 6) is -0.388. The largest absolute Gasteiger partial charge is 0.395 e. The molecule has 0 saturated carbocycles. The zero-order valence-corrected chi connectivity index (χ0v) is 10.3. The Bertz CT molecular complexity index is 362. The minimum atomic E-state index is -0.458. The fourth-order valence-corrected chi connectivity index (χ4v) is 1.31. The van der Waals surface area contributed by atoms with Crippen molar-refractivity contribution >= 4 is 6.29 Å². The second-order valence-corrected chi connectivity index (χ2v) is 4.22. The van der Waals surface area contributed by atoms with Crippen LogP contribution in [0.5, 0.6) is 0 Å². The van der Waals surface area contributed by atoms with E-state index in [1.165, 1.54) is 6.07 Å². The quantitative estimate of drug-likeness (QED) is 0.826. The predicted octanol–water partition coefficient (Wildman–Crippen LogP) is 2.42. The van der Waals surface area contributed by atoms with Crippen molar-refractivity contribution in [2.24, 2.45) is 0 Å². The molecule has 1 aromatic rings. The van der Waals surface area contributed by atoms with Gasteiger partial charge in [0.05, 0.1) is 13.8 Å². The summed E-state index contributed by atoms with van der Waals surface area (Å²) in [6.07, 6.45) is 0.765. The van der Waals surface area contributed by atoms with Gasteiger partial charge in [-0.3, -0.25) is 4.39 Å². The molecule has 0 unspecified atom stereocenters. The SMILES string of the molecule is CC(C)(CO)c1ccc(CC=O)c(F)c1.CF. The third-order valence-corrected chi connectivity index (χ3v) is 2.53. The molecule has 17 heavy (non-hydrogen) atoms. The van der Waals surface area contributed by atoms with Crippen molar-refractivity contribution < 1.29 is 18.7 Å². The second-order valence-electron chi connectivity index (χ2n) is 4.22. The van der Waals surface area contributed by atoms with Gasteiger partial charge in [-0.25, -0.2) is 4.39 Å². The molecule has 0 aliphatic heterocycles. The van der Waals surface area contributed by atoms with Gasteiger partial charge in [0.25, 0.3) is 0 Å². The van der Waals surface area contributed by atoms with E-state index in [-0.39, 0.29) is 18.8 Å². The van der Waals surface area contributed by atoms with Crippen LogP contribution in [0.3, 0.4) is 0 Å². The molecule has 0 heterocycles. The summed E-state index contributed by atoms with van der Waals surface area (Å²) < 4.78 is 23.0. The van der Waals surface area contributed by atoms with Gasteiger partial charge in [-0.2, -0.15) is 0 Å². The van der Waals surface area contributed by atoms with Gasteiger partial charge in [-0.05, 0) is 17.2 Å². The van der Waals surface area contributed by atoms with E-state index >= 15 is 0 Å². The molecule has 4 heteroatoms. The Morgan fingerprint density at radius 2 is 1.94 bits per heavy atom. The first-order chi connectivity index (χ1) is 8.01. The lowest BCUT2D eigenvalue weighted by Gasteiger charge is -2.22. The Morgan fingerprint density at radius 3 is 2.35 bits per heavy atom. The van der Waals surface area contributed by atoms with E-state index in [1.54, 1.807) is 12.1 Å². The normalized spacial score (nSPS) is 10.5. The lowest BCUT2D eigenvalue weighted by Crippen LogP contribution is -2.22. The van der Waals surface area contributed by atoms with Crippen LogP contribution in [0.15, 0.2) is 18.2 Å². The van der Waals surface area contributed by atoms with E-state index in [0.717, 1.165) is 5.56 Å². The van der Waals surface area contributed by atoms with E-state index in [0.29, 0.717) is 19.0 Å². The zero-order chi connectivity index (χ0) is 13.5. The Kier molecular flexibility index (Phi) is 6.58. The van der Waals surface area contributed by atoms with Crippen LogP contribution in [0.1, 0.15) is 25.0 Å². The van der Waals surface area contributed by atoms with Crippen LogP contribution in [0.4, 0.5) is 8.78 Å². The van der Waals surface area contributed by atoms with Crippen molar-refractivity contribution in [1.82, 2.24) is 0 Å². The van der Waals surface area contributed by atoms with E-state index in [1.807, 2.05) is 13.8 Å². The fourth-order valence-electron chi connectivity index (χ4n) is 1.31. The van der Waals surface area contributed by atoms with Crippen LogP contribution in [0, 0.1) is 5.82 Å². The number of aliphatic hydroxyl groups is 1. The summed E-state index contributed by atoms with van der Waals surface area (Å²) in [5.41, 5.74) is 0.667. The van der Waals surface area contributed by atoms with E-state index in [9.17, 15) is 13.6 Å². The first-order valence-electron chi connectivity index (χ1n) is 5.22. The topological polar surface area (TPSA) is 37.3 Å². The average molecular weight is 244 g/mol. The molecule has 2 nitrogen and oxygen atoms in total. The standard InChI is InChI=1S/C12H15FO2.CH3F/c1-12(2,8-15)10-4-3-9(5-6-14)11(13)7-10;1-2/h3-4,6-7,15H,5,8H2,1-2H3;1H3. The molecule has 0 aliphatic rings. The number of carbonyl (C=O) groups is 1. The minimum absolute atomic E-state index is 0.0422. The van der Waals surface area contributed by atoms with Gasteiger partial charge in [-0.1, -0.05) is 26.0 Å². The summed E-state index contributed by atoms with van der Waals surface area (Å²) in [6.45, 7) is 3.63. The number of rotatable bonds is 4. The monoisotopic (exact) mass is 244 g/mol. The Morgan fingerprint density at radius 1 is 1.35 bits per heavy atom. The first-order valence-corrected chi connectivity index (χ1v) is 5.22. The predicted molar refractivity (Wildman–Crippen MR) is 63.3 cm³/mol. The van der Waals surface area contributed by atoms with Crippen LogP contribution in [0.2, 0.25) is 0 Å². The first kappa shape index (κ1) is 15.7. The van der Waals surface area contributed by atoms with Crippen LogP contribution in [-0.4, -0.2) is 25.2 Å². The summed E-state index contributed by atoms with van der Waals surface area (Å²) in [6, 6.07) is 4.73. The number of hydrogen-bond acceptors (Lipinski definition) is 2. The van der Waals surface area contributed by atoms with E-state index < -0.39 is 5.41 Å². The number of halogens is 2. The Labute approximate surface area is 100 Å². The molecular weight excluding hydrogens is 226 g/mol. The van der Waals surface area contributed by atoms with Gasteiger partial charge < -0.3 is 9.90 Å². The molecule has 0 fully saturated rings. The highest BCUT2D eigenvalue weighted by Gasteiger charge is 2.20. The molecule has 1 N–H and O–H groups in total. The van der Waals surface area contributed by atoms with Gasteiger partial charge >= 0.3 is 0 Å². The maximum absolute atomic E-state index is 13.5. The number of alkyl halides is 1. The fraction of sp³-hybridized carbons (Fsp3) is 0.462. The zero-order valence-electron chi connectivity index (χ0n) is 10.3. The number of benzene rings is 1. The third kappa shape index (κ3) is 4.23. The molecule has 0 atom stereocenters. The molecule has 0 bridgehead atoms. The van der Waals surface area contributed by atoms with Gasteiger partial charge in [-0.15, -0.1) is 0 Å². The molecule has 0 amide bonds. The molecule has 96 valence electrons. The summed E-state index contributed by atoms with van der Waals surface area (Å²) in [5, 5.41) is 9.13. The summed E-state index contributed by atoms with van der Waals surface area (Å²) in [4.78, 5) is 10.3. The number of aliphatic hydroxyl groups excluding tert-OH is 1. The van der Waals surface area contributed by atoms with Crippen LogP contribution < -0.4 is 0 Å². The molecule has 0 aromatic heterocycles. The van der Waals surface area contributed by atoms with Gasteiger partial charge in [0.15, 0.2) is 0 Å². The Hall–Kier alpha value is -1.29. The average Bonchev–Trinajstić information content (AvgIpc) is 2.34. The molecule has 0 radical (unpaired) electrons. The molecule has 1 aromatic carbocycles. The summed E-state index contributed by atoms with van der Waals surface area (Å²) >= 11 is 0. The molecular formula is C13H18F2O2. The van der Waals surface area contributed by atoms with Crippen molar-refractivity contribution in [2.45, 2.75) is 25.7 Å². The maximum Gasteiger partial charge on any atom is 0.127 e. The highest BCUT2D eigenvalue weighted by Crippen LogP contribution is 2.24. The molecule has 0 aliphatic carbocycles. The smallest absolute Gasteiger partial charge is 0.127 e. The van der Waals surface area contributed by atoms with Crippen LogP contribution in [0.25, 0.3) is 0 Å². The molecule has 0 spiro atoms. The van der Waals surface area contributed by atoms with Crippen LogP contribution >= 0.6 is 0 Å². The number of hydrogen-bond donors (Lipinski definition) is 1. The summed E-state index contributed by atoms with van der Waals surface area (Å²) in [7, 11) is 0.500. The maximum atomic E-state index is 13.5. The van der Waals surface area contributed by atoms with Crippen molar-refractivity contribution in [1.29, 1.82) is 0 Å². The number of aldehydes is 1. The highest BCUT2D eigenvalue weighted by molar-refractivity contribution is 5.55. The van der Waals surface area contributed by atoms with Gasteiger partial charge in [0, 0.05) is 11.8 Å². The third-order valence-electron chi connectivity index (χ3n) is 2.53. The van der Waals surface area contributed by atoms with Gasteiger partial charge in [0.2, 0.25) is 0 Å². The van der Waals surface area contributed by atoms with E-state index in [2.05, 4.69) is 0 Å². The van der Waals surface area contributed by atoms with Crippen LogP contribution in [-0.2, 0) is 16.6 Å². The van der Waals surface area contributed by atoms with Crippen molar-refractivity contribution in [3.63, 3.8) is 0 Å². The van der Waals surface area contributed by atoms with E-state index in [4.69, 9.17) is 5.11 Å². The lowest BCUT2D eigenvalue weighted by atomic mass is 9.85. The van der Waals surface area contributed by atoms with Crippen molar-refractivity contribution in [2.75, 3.05) is 13.8 Å². The van der Waals surface area contributed by atoms with Crippen molar-refractivity contribution in [3.8, 4) is 0 Å². The minimum Gasteiger partial charge on any atom is -0.395 e. The number of carbonyl (C=O) groups excluding carboxylic acids is 1. The lowest BCUT2D eigenvalue weighted by molar-refractivity contribution is -0.107. The van der Waals surface area contributed by atoms with Crippen molar-refractivity contribution in [3.05, 3.63) is 35.1 Å².